The Hall–Kier alpha value is -4.18. The molecule has 1 aliphatic heterocycles. The minimum Gasteiger partial charge on any atom is -0.389 e. The van der Waals surface area contributed by atoms with Gasteiger partial charge in [0.15, 0.2) is 11.5 Å². The molecule has 1 aromatic carbocycles. The van der Waals surface area contributed by atoms with E-state index in [-0.39, 0.29) is 5.84 Å². The average molecular weight is 473 g/mol. The van der Waals surface area contributed by atoms with Gasteiger partial charge in [0, 0.05) is 31.0 Å². The fraction of sp³-hybridized carbons (Fsp3) is 0.280. The molecule has 10 heteroatoms. The Labute approximate surface area is 203 Å². The van der Waals surface area contributed by atoms with Crippen molar-refractivity contribution in [3.63, 3.8) is 0 Å². The molecule has 10 nitrogen and oxygen atoms in total. The zero-order valence-corrected chi connectivity index (χ0v) is 19.9. The van der Waals surface area contributed by atoms with Crippen LogP contribution in [0.5, 0.6) is 0 Å². The first-order valence-corrected chi connectivity index (χ1v) is 11.5. The summed E-state index contributed by atoms with van der Waals surface area (Å²) in [5.74, 6) is 1.87. The number of H-pyrrole nitrogens is 1. The predicted octanol–water partition coefficient (Wildman–Crippen LogP) is 3.86. The Balaban J connectivity index is 0.00000141. The maximum Gasteiger partial charge on any atom is 0.236 e. The van der Waals surface area contributed by atoms with Gasteiger partial charge in [-0.25, -0.2) is 19.9 Å². The molecule has 1 saturated heterocycles. The molecule has 5 rings (SSSR count). The number of nitrogens with one attached hydrogen (secondary N) is 1. The minimum atomic E-state index is 0.191. The SMILES string of the molecule is C=N/C(=N\OCc1ccccc1)c1nc(N2CCOCC2)c2[nH]c(-c3ccncc3)nc2n1.CC. The number of pyridine rings is 1. The van der Waals surface area contributed by atoms with E-state index in [1.165, 1.54) is 0 Å². The highest BCUT2D eigenvalue weighted by atomic mass is 16.6. The van der Waals surface area contributed by atoms with Crippen molar-refractivity contribution in [3.8, 4) is 11.4 Å². The Bertz CT molecular complexity index is 1270. The van der Waals surface area contributed by atoms with E-state index in [1.54, 1.807) is 12.4 Å². The van der Waals surface area contributed by atoms with Crippen molar-refractivity contribution < 1.29 is 9.57 Å². The lowest BCUT2D eigenvalue weighted by molar-refractivity contribution is 0.122. The summed E-state index contributed by atoms with van der Waals surface area (Å²) in [6.07, 6.45) is 3.44. The number of anilines is 1. The highest BCUT2D eigenvalue weighted by Crippen LogP contribution is 2.27. The lowest BCUT2D eigenvalue weighted by Crippen LogP contribution is -2.37. The fourth-order valence-corrected chi connectivity index (χ4v) is 3.52. The molecular weight excluding hydrogens is 444 g/mol. The molecule has 0 atom stereocenters. The van der Waals surface area contributed by atoms with Crippen molar-refractivity contribution in [2.24, 2.45) is 10.1 Å². The molecule has 0 saturated carbocycles. The molecule has 4 aromatic rings. The molecule has 0 unspecified atom stereocenters. The Kier molecular flexibility index (Phi) is 8.08. The standard InChI is InChI=1S/C23H22N8O2.C2H6/c1-24-21(30-33-15-16-5-3-2-4-6-16)22-28-20-18(23(29-22)31-11-13-32-14-12-31)26-19(27-20)17-7-9-25-10-8-17;1-2/h2-10H,1,11-15H2,(H,26,27,28,29);1-2H3/b30-21-;. The third kappa shape index (κ3) is 5.67. The van der Waals surface area contributed by atoms with E-state index in [0.717, 1.165) is 16.6 Å². The number of aromatic nitrogens is 5. The van der Waals surface area contributed by atoms with Crippen LogP contribution in [0.1, 0.15) is 25.2 Å². The second kappa shape index (κ2) is 11.8. The van der Waals surface area contributed by atoms with Gasteiger partial charge in [0.05, 0.1) is 13.2 Å². The van der Waals surface area contributed by atoms with Gasteiger partial charge in [-0.05, 0) is 24.4 Å². The van der Waals surface area contributed by atoms with Crippen LogP contribution in [0.4, 0.5) is 5.82 Å². The number of nitrogens with zero attached hydrogens (tertiary/aromatic N) is 7. The van der Waals surface area contributed by atoms with Gasteiger partial charge < -0.3 is 19.5 Å². The molecule has 180 valence electrons. The van der Waals surface area contributed by atoms with Crippen LogP contribution in [0.15, 0.2) is 65.0 Å². The Morgan fingerprint density at radius 3 is 2.51 bits per heavy atom. The molecule has 1 N–H and O–H groups in total. The first-order chi connectivity index (χ1) is 17.3. The predicted molar refractivity (Wildman–Crippen MR) is 137 cm³/mol. The lowest BCUT2D eigenvalue weighted by Gasteiger charge is -2.28. The molecule has 3 aromatic heterocycles. The van der Waals surface area contributed by atoms with Crippen LogP contribution < -0.4 is 4.90 Å². The van der Waals surface area contributed by atoms with E-state index >= 15 is 0 Å². The highest BCUT2D eigenvalue weighted by Gasteiger charge is 2.22. The van der Waals surface area contributed by atoms with Crippen molar-refractivity contribution in [2.45, 2.75) is 20.5 Å². The summed E-state index contributed by atoms with van der Waals surface area (Å²) in [6.45, 7) is 10.6. The second-order valence-electron chi connectivity index (χ2n) is 7.32. The smallest absolute Gasteiger partial charge is 0.236 e. The molecule has 1 fully saturated rings. The number of ether oxygens (including phenoxy) is 1. The Morgan fingerprint density at radius 2 is 1.80 bits per heavy atom. The van der Waals surface area contributed by atoms with Gasteiger partial charge in [-0.15, -0.1) is 0 Å². The van der Waals surface area contributed by atoms with Crippen molar-refractivity contribution in [3.05, 3.63) is 66.2 Å². The zero-order valence-electron chi connectivity index (χ0n) is 19.9. The Morgan fingerprint density at radius 1 is 1.06 bits per heavy atom. The van der Waals surface area contributed by atoms with E-state index < -0.39 is 0 Å². The molecule has 0 bridgehead atoms. The number of hydrogen-bond donors (Lipinski definition) is 1. The van der Waals surface area contributed by atoms with Crippen LogP contribution in [0.2, 0.25) is 0 Å². The maximum absolute atomic E-state index is 5.51. The number of fused-ring (bicyclic) bond motifs is 1. The average Bonchev–Trinajstić information content (AvgIpc) is 3.38. The summed E-state index contributed by atoms with van der Waals surface area (Å²) >= 11 is 0. The van der Waals surface area contributed by atoms with E-state index in [9.17, 15) is 0 Å². The van der Waals surface area contributed by atoms with Crippen LogP contribution in [0, 0.1) is 0 Å². The molecule has 35 heavy (non-hydrogen) atoms. The van der Waals surface area contributed by atoms with Gasteiger partial charge in [0.2, 0.25) is 11.7 Å². The van der Waals surface area contributed by atoms with Crippen molar-refractivity contribution in [2.75, 3.05) is 31.2 Å². The number of aromatic amines is 1. The van der Waals surface area contributed by atoms with E-state index in [1.807, 2.05) is 56.3 Å². The number of imidazole rings is 1. The molecule has 0 aliphatic carbocycles. The first kappa shape index (κ1) is 24.0. The van der Waals surface area contributed by atoms with Gasteiger partial charge >= 0.3 is 0 Å². The number of aliphatic imine (C=N–C) groups is 1. The molecule has 0 spiro atoms. The second-order valence-corrected chi connectivity index (χ2v) is 7.32. The summed E-state index contributed by atoms with van der Waals surface area (Å²) < 4.78 is 5.51. The topological polar surface area (TPSA) is 114 Å². The third-order valence-electron chi connectivity index (χ3n) is 5.17. The normalized spacial score (nSPS) is 13.8. The number of morpholine rings is 1. The van der Waals surface area contributed by atoms with Gasteiger partial charge in [-0.2, -0.15) is 0 Å². The van der Waals surface area contributed by atoms with Crippen molar-refractivity contribution >= 4 is 29.5 Å². The minimum absolute atomic E-state index is 0.191. The van der Waals surface area contributed by atoms with Gasteiger partial charge in [0.25, 0.3) is 0 Å². The lowest BCUT2D eigenvalue weighted by atomic mass is 10.2. The fourth-order valence-electron chi connectivity index (χ4n) is 3.52. The summed E-state index contributed by atoms with van der Waals surface area (Å²) in [7, 11) is 0. The van der Waals surface area contributed by atoms with E-state index in [2.05, 4.69) is 36.7 Å². The highest BCUT2D eigenvalue weighted by molar-refractivity contribution is 6.00. The van der Waals surface area contributed by atoms with Crippen LogP contribution in [0.3, 0.4) is 0 Å². The maximum atomic E-state index is 5.51. The number of oxime groups is 1. The monoisotopic (exact) mass is 472 g/mol. The van der Waals surface area contributed by atoms with Gasteiger partial charge in [-0.1, -0.05) is 49.3 Å². The summed E-state index contributed by atoms with van der Waals surface area (Å²) in [5, 5.41) is 4.14. The number of hydrogen-bond acceptors (Lipinski definition) is 8. The van der Waals surface area contributed by atoms with Crippen LogP contribution >= 0.6 is 0 Å². The molecule has 4 heterocycles. The van der Waals surface area contributed by atoms with E-state index in [4.69, 9.17) is 19.5 Å². The van der Waals surface area contributed by atoms with Crippen molar-refractivity contribution in [1.82, 2.24) is 24.9 Å². The molecule has 0 radical (unpaired) electrons. The molecule has 1 aliphatic rings. The summed E-state index contributed by atoms with van der Waals surface area (Å²) in [6, 6.07) is 13.5. The van der Waals surface area contributed by atoms with Crippen LogP contribution in [-0.2, 0) is 16.2 Å². The van der Waals surface area contributed by atoms with E-state index in [0.29, 0.717) is 56.0 Å². The molecule has 0 amide bonds. The number of amidine groups is 1. The first-order valence-electron chi connectivity index (χ1n) is 11.5. The molecular formula is C25H28N8O2. The number of benzene rings is 1. The summed E-state index contributed by atoms with van der Waals surface area (Å²) in [5.41, 5.74) is 3.14. The third-order valence-corrected chi connectivity index (χ3v) is 5.17. The number of rotatable bonds is 6. The van der Waals surface area contributed by atoms with Gasteiger partial charge in [-0.3, -0.25) is 4.98 Å². The zero-order chi connectivity index (χ0) is 24.5. The van der Waals surface area contributed by atoms with Gasteiger partial charge in [0.1, 0.15) is 17.9 Å². The largest absolute Gasteiger partial charge is 0.389 e. The quantitative estimate of drug-likeness (QED) is 0.257. The van der Waals surface area contributed by atoms with Crippen LogP contribution in [-0.4, -0.2) is 63.8 Å². The van der Waals surface area contributed by atoms with Crippen LogP contribution in [0.25, 0.3) is 22.6 Å². The summed E-state index contributed by atoms with van der Waals surface area (Å²) in [4.78, 5) is 33.1. The van der Waals surface area contributed by atoms with Crippen molar-refractivity contribution in [1.29, 1.82) is 0 Å².